The first kappa shape index (κ1) is 13.2. The molecule has 1 N–H and O–H groups in total. The van der Waals surface area contributed by atoms with Crippen LogP contribution >= 0.6 is 27.3 Å². The third-order valence-electron chi connectivity index (χ3n) is 3.44. The molecule has 1 aromatic heterocycles. The summed E-state index contributed by atoms with van der Waals surface area (Å²) in [6.45, 7) is 1.02. The van der Waals surface area contributed by atoms with Crippen molar-refractivity contribution in [1.82, 2.24) is 0 Å². The number of thiophene rings is 1. The van der Waals surface area contributed by atoms with Gasteiger partial charge in [0.2, 0.25) is 0 Å². The highest BCUT2D eigenvalue weighted by atomic mass is 79.9. The van der Waals surface area contributed by atoms with E-state index in [0.717, 1.165) is 16.6 Å². The van der Waals surface area contributed by atoms with E-state index in [0.29, 0.717) is 6.04 Å². The third-order valence-corrected chi connectivity index (χ3v) is 4.67. The van der Waals surface area contributed by atoms with Gasteiger partial charge in [0.05, 0.1) is 6.61 Å². The molecule has 0 spiro atoms. The summed E-state index contributed by atoms with van der Waals surface area (Å²) in [4.78, 5) is 2.43. The molecule has 19 heavy (non-hydrogen) atoms. The summed E-state index contributed by atoms with van der Waals surface area (Å²) in [6, 6.07) is 8.99. The molecule has 1 saturated carbocycles. The smallest absolute Gasteiger partial charge is 0.0702 e. The Morgan fingerprint density at radius 2 is 2.16 bits per heavy atom. The molecule has 2 aromatic rings. The zero-order valence-electron chi connectivity index (χ0n) is 10.6. The van der Waals surface area contributed by atoms with E-state index >= 15 is 0 Å². The molecule has 1 heterocycles. The second kappa shape index (κ2) is 5.65. The van der Waals surface area contributed by atoms with Crippen molar-refractivity contribution in [3.8, 4) is 0 Å². The lowest BCUT2D eigenvalue weighted by atomic mass is 10.1. The van der Waals surface area contributed by atoms with Crippen LogP contribution in [-0.4, -0.2) is 11.1 Å². The van der Waals surface area contributed by atoms with Gasteiger partial charge in [0.15, 0.2) is 0 Å². The van der Waals surface area contributed by atoms with Gasteiger partial charge in [-0.1, -0.05) is 15.9 Å². The number of anilines is 1. The molecule has 1 aliphatic rings. The number of nitrogens with zero attached hydrogens (tertiary/aromatic N) is 1. The maximum atomic E-state index is 9.57. The van der Waals surface area contributed by atoms with Gasteiger partial charge in [-0.05, 0) is 53.4 Å². The van der Waals surface area contributed by atoms with Crippen molar-refractivity contribution >= 4 is 33.0 Å². The van der Waals surface area contributed by atoms with Gasteiger partial charge in [-0.15, -0.1) is 0 Å². The average Bonchev–Trinajstić information content (AvgIpc) is 3.13. The van der Waals surface area contributed by atoms with E-state index in [9.17, 15) is 5.11 Å². The molecule has 1 fully saturated rings. The number of aliphatic hydroxyl groups excluding tert-OH is 1. The van der Waals surface area contributed by atoms with Crippen LogP contribution in [-0.2, 0) is 13.2 Å². The van der Waals surface area contributed by atoms with Gasteiger partial charge < -0.3 is 10.0 Å². The van der Waals surface area contributed by atoms with Gasteiger partial charge in [-0.3, -0.25) is 0 Å². The molecule has 1 aliphatic carbocycles. The standard InChI is InChI=1S/C15H16BrNOS/c16-13-1-4-15(12(7-13)9-18)17(14-2-3-14)8-11-5-6-19-10-11/h1,4-7,10,14,18H,2-3,8-9H2. The van der Waals surface area contributed by atoms with E-state index in [4.69, 9.17) is 0 Å². The molecule has 0 bridgehead atoms. The SMILES string of the molecule is OCc1cc(Br)ccc1N(Cc1ccsc1)C1CC1. The molecular weight excluding hydrogens is 322 g/mol. The number of hydrogen-bond acceptors (Lipinski definition) is 3. The fraction of sp³-hybridized carbons (Fsp3) is 0.333. The Hall–Kier alpha value is -0.840. The quantitative estimate of drug-likeness (QED) is 0.884. The molecule has 100 valence electrons. The maximum absolute atomic E-state index is 9.57. The van der Waals surface area contributed by atoms with Gasteiger partial charge in [-0.25, -0.2) is 0 Å². The number of hydrogen-bond donors (Lipinski definition) is 1. The van der Waals surface area contributed by atoms with E-state index in [1.54, 1.807) is 11.3 Å². The Labute approximate surface area is 125 Å². The Morgan fingerprint density at radius 1 is 1.32 bits per heavy atom. The van der Waals surface area contributed by atoms with Crippen molar-refractivity contribution in [2.45, 2.75) is 32.0 Å². The minimum Gasteiger partial charge on any atom is -0.392 e. The number of aliphatic hydroxyl groups is 1. The van der Waals surface area contributed by atoms with Crippen LogP contribution in [0.3, 0.4) is 0 Å². The molecule has 0 amide bonds. The molecule has 2 nitrogen and oxygen atoms in total. The highest BCUT2D eigenvalue weighted by molar-refractivity contribution is 9.10. The van der Waals surface area contributed by atoms with Crippen LogP contribution in [0.5, 0.6) is 0 Å². The van der Waals surface area contributed by atoms with Crippen molar-refractivity contribution in [3.63, 3.8) is 0 Å². The van der Waals surface area contributed by atoms with E-state index < -0.39 is 0 Å². The van der Waals surface area contributed by atoms with Gasteiger partial charge >= 0.3 is 0 Å². The van der Waals surface area contributed by atoms with Crippen LogP contribution < -0.4 is 4.90 Å². The maximum Gasteiger partial charge on any atom is 0.0702 e. The van der Waals surface area contributed by atoms with Crippen molar-refractivity contribution < 1.29 is 5.11 Å². The fourth-order valence-electron chi connectivity index (χ4n) is 2.34. The van der Waals surface area contributed by atoms with E-state index in [1.165, 1.54) is 24.1 Å². The Kier molecular flexibility index (Phi) is 3.91. The van der Waals surface area contributed by atoms with Crippen molar-refractivity contribution in [3.05, 3.63) is 50.6 Å². The van der Waals surface area contributed by atoms with E-state index in [1.807, 2.05) is 6.07 Å². The van der Waals surface area contributed by atoms with Gasteiger partial charge in [0.1, 0.15) is 0 Å². The second-order valence-corrected chi connectivity index (χ2v) is 6.62. The summed E-state index contributed by atoms with van der Waals surface area (Å²) < 4.78 is 1.02. The first-order valence-corrected chi connectivity index (χ1v) is 8.18. The first-order valence-electron chi connectivity index (χ1n) is 6.45. The highest BCUT2D eigenvalue weighted by Gasteiger charge is 2.30. The summed E-state index contributed by atoms with van der Waals surface area (Å²) in [5, 5.41) is 13.9. The lowest BCUT2D eigenvalue weighted by Crippen LogP contribution is -2.25. The molecule has 0 unspecified atom stereocenters. The van der Waals surface area contributed by atoms with Gasteiger partial charge in [-0.2, -0.15) is 11.3 Å². The van der Waals surface area contributed by atoms with Crippen LogP contribution in [0.2, 0.25) is 0 Å². The zero-order chi connectivity index (χ0) is 13.2. The summed E-state index contributed by atoms with van der Waals surface area (Å²) in [7, 11) is 0. The van der Waals surface area contributed by atoms with E-state index in [2.05, 4.69) is 49.8 Å². The Bertz CT molecular complexity index is 551. The van der Waals surface area contributed by atoms with Crippen LogP contribution in [0.15, 0.2) is 39.5 Å². The fourth-order valence-corrected chi connectivity index (χ4v) is 3.41. The lowest BCUT2D eigenvalue weighted by Gasteiger charge is -2.26. The molecule has 0 radical (unpaired) electrons. The van der Waals surface area contributed by atoms with E-state index in [-0.39, 0.29) is 6.61 Å². The predicted molar refractivity (Wildman–Crippen MR) is 83.6 cm³/mol. The molecule has 3 rings (SSSR count). The number of rotatable bonds is 5. The summed E-state index contributed by atoms with van der Waals surface area (Å²) >= 11 is 5.21. The summed E-state index contributed by atoms with van der Waals surface area (Å²) in [6.07, 6.45) is 2.51. The Balaban J connectivity index is 1.91. The van der Waals surface area contributed by atoms with Crippen LogP contribution in [0.25, 0.3) is 0 Å². The van der Waals surface area contributed by atoms with Crippen molar-refractivity contribution in [2.24, 2.45) is 0 Å². The predicted octanol–water partition coefficient (Wildman–Crippen LogP) is 4.17. The van der Waals surface area contributed by atoms with Crippen LogP contribution in [0.4, 0.5) is 5.69 Å². The van der Waals surface area contributed by atoms with Crippen molar-refractivity contribution in [1.29, 1.82) is 0 Å². The summed E-state index contributed by atoms with van der Waals surface area (Å²) in [5.41, 5.74) is 3.51. The zero-order valence-corrected chi connectivity index (χ0v) is 13.0. The van der Waals surface area contributed by atoms with Crippen molar-refractivity contribution in [2.75, 3.05) is 4.90 Å². The summed E-state index contributed by atoms with van der Waals surface area (Å²) in [5.74, 6) is 0. The number of halogens is 1. The average molecular weight is 338 g/mol. The molecule has 1 aromatic carbocycles. The first-order chi connectivity index (χ1) is 9.28. The van der Waals surface area contributed by atoms with Gasteiger partial charge in [0, 0.05) is 28.3 Å². The highest BCUT2D eigenvalue weighted by Crippen LogP contribution is 2.36. The molecule has 0 atom stereocenters. The molecular formula is C15H16BrNOS. The van der Waals surface area contributed by atoms with Gasteiger partial charge in [0.25, 0.3) is 0 Å². The largest absolute Gasteiger partial charge is 0.392 e. The Morgan fingerprint density at radius 3 is 2.79 bits per heavy atom. The second-order valence-electron chi connectivity index (χ2n) is 4.92. The number of benzene rings is 1. The monoisotopic (exact) mass is 337 g/mol. The normalized spacial score (nSPS) is 14.6. The minimum atomic E-state index is 0.0850. The topological polar surface area (TPSA) is 23.5 Å². The molecule has 0 aliphatic heterocycles. The minimum absolute atomic E-state index is 0.0850. The molecule has 4 heteroatoms. The van der Waals surface area contributed by atoms with Crippen LogP contribution in [0.1, 0.15) is 24.0 Å². The lowest BCUT2D eigenvalue weighted by molar-refractivity contribution is 0.282. The third kappa shape index (κ3) is 3.02. The van der Waals surface area contributed by atoms with Crippen LogP contribution in [0, 0.1) is 0 Å². The molecule has 0 saturated heterocycles.